The lowest BCUT2D eigenvalue weighted by atomic mass is 10.0. The van der Waals surface area contributed by atoms with Gasteiger partial charge in [-0.2, -0.15) is 15.2 Å². The van der Waals surface area contributed by atoms with E-state index in [4.69, 9.17) is 14.7 Å². The molecule has 1 N–H and O–H groups in total. The average Bonchev–Trinajstić information content (AvgIpc) is 3.35. The van der Waals surface area contributed by atoms with Gasteiger partial charge < -0.3 is 24.8 Å². The fourth-order valence-electron chi connectivity index (χ4n) is 6.03. The molecular formula is C29H35N7O. The summed E-state index contributed by atoms with van der Waals surface area (Å²) in [7, 11) is 2.16. The highest BCUT2D eigenvalue weighted by Gasteiger charge is 2.29. The minimum absolute atomic E-state index is 0.150. The van der Waals surface area contributed by atoms with Crippen molar-refractivity contribution in [2.75, 3.05) is 56.2 Å². The molecule has 0 radical (unpaired) electrons. The number of ether oxygens (including phenoxy) is 1. The first-order chi connectivity index (χ1) is 18.2. The van der Waals surface area contributed by atoms with Gasteiger partial charge in [-0.05, 0) is 44.3 Å². The molecule has 0 saturated carbocycles. The topological polar surface area (TPSA) is 80.5 Å². The van der Waals surface area contributed by atoms with Crippen molar-refractivity contribution in [1.29, 1.82) is 5.26 Å². The molecule has 8 heteroatoms. The lowest BCUT2D eigenvalue weighted by Gasteiger charge is -2.37. The summed E-state index contributed by atoms with van der Waals surface area (Å²) in [4.78, 5) is 17.1. The standard InChI is InChI=1S/C29H35N7O/c1-34-15-5-8-23(34)20-37-29-32-26-19-35(27-10-4-7-21-6-2-3-9-24(21)27)16-12-25(26)28(33-29)36-17-14-31-22(18-36)11-13-30/h2-4,6-7,9-10,22-23,31H,5,8,11-12,14-20H2,1H3/t22?,23-/m0/s1. The SMILES string of the molecule is CN1CCC[C@H]1COc1nc2c(c(N3CCNC(CC#N)C3)n1)CCN(c1cccc3ccccc13)C2. The Kier molecular flexibility index (Phi) is 6.81. The minimum atomic E-state index is 0.150. The van der Waals surface area contributed by atoms with Crippen LogP contribution in [-0.2, 0) is 13.0 Å². The Morgan fingerprint density at radius 2 is 1.97 bits per heavy atom. The van der Waals surface area contributed by atoms with Crippen LogP contribution in [0.2, 0.25) is 0 Å². The van der Waals surface area contributed by atoms with E-state index in [0.29, 0.717) is 25.1 Å². The van der Waals surface area contributed by atoms with Gasteiger partial charge in [-0.1, -0.05) is 36.4 Å². The summed E-state index contributed by atoms with van der Waals surface area (Å²) in [6, 6.07) is 18.5. The number of anilines is 2. The summed E-state index contributed by atoms with van der Waals surface area (Å²) >= 11 is 0. The molecule has 0 bridgehead atoms. The molecular weight excluding hydrogens is 462 g/mol. The Bertz CT molecular complexity index is 1300. The third-order valence-electron chi connectivity index (χ3n) is 8.10. The quantitative estimate of drug-likeness (QED) is 0.555. The number of likely N-dealkylation sites (N-methyl/N-ethyl adjacent to an activating group) is 1. The Balaban J connectivity index is 1.32. The molecule has 6 rings (SSSR count). The van der Waals surface area contributed by atoms with Crippen molar-refractivity contribution >= 4 is 22.3 Å². The van der Waals surface area contributed by atoms with E-state index >= 15 is 0 Å². The first-order valence-corrected chi connectivity index (χ1v) is 13.5. The monoisotopic (exact) mass is 497 g/mol. The second-order valence-electron chi connectivity index (χ2n) is 10.5. The van der Waals surface area contributed by atoms with Crippen LogP contribution in [0, 0.1) is 11.3 Å². The van der Waals surface area contributed by atoms with Crippen LogP contribution in [0.25, 0.3) is 10.8 Å². The minimum Gasteiger partial charge on any atom is -0.462 e. The Hall–Kier alpha value is -3.41. The highest BCUT2D eigenvalue weighted by Crippen LogP contribution is 2.34. The Morgan fingerprint density at radius 3 is 2.84 bits per heavy atom. The molecule has 1 aromatic heterocycles. The molecule has 2 saturated heterocycles. The van der Waals surface area contributed by atoms with Crippen molar-refractivity contribution in [2.24, 2.45) is 0 Å². The highest BCUT2D eigenvalue weighted by atomic mass is 16.5. The van der Waals surface area contributed by atoms with Crippen molar-refractivity contribution in [3.05, 3.63) is 53.7 Å². The van der Waals surface area contributed by atoms with Gasteiger partial charge in [-0.15, -0.1) is 0 Å². The molecule has 0 spiro atoms. The van der Waals surface area contributed by atoms with Gasteiger partial charge in [0.25, 0.3) is 0 Å². The van der Waals surface area contributed by atoms with Gasteiger partial charge in [0.1, 0.15) is 12.4 Å². The summed E-state index contributed by atoms with van der Waals surface area (Å²) in [5.74, 6) is 0.988. The number of hydrogen-bond acceptors (Lipinski definition) is 8. The number of hydrogen-bond donors (Lipinski definition) is 1. The van der Waals surface area contributed by atoms with Crippen LogP contribution in [0.15, 0.2) is 42.5 Å². The second-order valence-corrected chi connectivity index (χ2v) is 10.5. The predicted octanol–water partition coefficient (Wildman–Crippen LogP) is 3.36. The van der Waals surface area contributed by atoms with Gasteiger partial charge in [0.15, 0.2) is 0 Å². The van der Waals surface area contributed by atoms with E-state index in [1.165, 1.54) is 28.4 Å². The molecule has 0 amide bonds. The third kappa shape index (κ3) is 4.94. The van der Waals surface area contributed by atoms with E-state index in [1.807, 2.05) is 0 Å². The van der Waals surface area contributed by atoms with Crippen molar-refractivity contribution in [1.82, 2.24) is 20.2 Å². The summed E-state index contributed by atoms with van der Waals surface area (Å²) < 4.78 is 6.27. The maximum Gasteiger partial charge on any atom is 0.318 e. The van der Waals surface area contributed by atoms with Gasteiger partial charge in [-0.25, -0.2) is 0 Å². The van der Waals surface area contributed by atoms with Crippen molar-refractivity contribution in [2.45, 2.75) is 44.3 Å². The number of nitrogens with zero attached hydrogens (tertiary/aromatic N) is 6. The van der Waals surface area contributed by atoms with Gasteiger partial charge in [0.05, 0.1) is 24.7 Å². The van der Waals surface area contributed by atoms with Gasteiger partial charge >= 0.3 is 6.01 Å². The number of piperazine rings is 1. The zero-order chi connectivity index (χ0) is 25.2. The molecule has 4 heterocycles. The number of fused-ring (bicyclic) bond motifs is 2. The molecule has 37 heavy (non-hydrogen) atoms. The van der Waals surface area contributed by atoms with E-state index < -0.39 is 0 Å². The number of likely N-dealkylation sites (tertiary alicyclic amines) is 1. The summed E-state index contributed by atoms with van der Waals surface area (Å²) in [5, 5.41) is 15.3. The average molecular weight is 498 g/mol. The van der Waals surface area contributed by atoms with Crippen LogP contribution >= 0.6 is 0 Å². The van der Waals surface area contributed by atoms with Crippen LogP contribution in [0.4, 0.5) is 11.5 Å². The largest absolute Gasteiger partial charge is 0.462 e. The highest BCUT2D eigenvalue weighted by molar-refractivity contribution is 5.94. The van der Waals surface area contributed by atoms with E-state index in [0.717, 1.165) is 63.6 Å². The van der Waals surface area contributed by atoms with E-state index in [-0.39, 0.29) is 6.04 Å². The van der Waals surface area contributed by atoms with E-state index in [9.17, 15) is 5.26 Å². The van der Waals surface area contributed by atoms with Crippen LogP contribution < -0.4 is 19.9 Å². The zero-order valence-electron chi connectivity index (χ0n) is 21.6. The molecule has 3 aromatic rings. The zero-order valence-corrected chi connectivity index (χ0v) is 21.6. The van der Waals surface area contributed by atoms with Crippen molar-refractivity contribution < 1.29 is 4.74 Å². The molecule has 2 atom stereocenters. The van der Waals surface area contributed by atoms with Crippen LogP contribution in [0.1, 0.15) is 30.5 Å². The fraction of sp³-hybridized carbons (Fsp3) is 0.483. The number of nitrogens with one attached hydrogen (secondary N) is 1. The number of rotatable bonds is 6. The maximum absolute atomic E-state index is 9.26. The van der Waals surface area contributed by atoms with Gasteiger partial charge in [0.2, 0.25) is 0 Å². The number of nitriles is 1. The first-order valence-electron chi connectivity index (χ1n) is 13.5. The molecule has 0 aliphatic carbocycles. The summed E-state index contributed by atoms with van der Waals surface area (Å²) in [6.07, 6.45) is 3.74. The third-order valence-corrected chi connectivity index (χ3v) is 8.10. The van der Waals surface area contributed by atoms with Crippen LogP contribution in [0.5, 0.6) is 6.01 Å². The molecule has 2 aromatic carbocycles. The summed E-state index contributed by atoms with van der Waals surface area (Å²) in [5.41, 5.74) is 3.52. The van der Waals surface area contributed by atoms with Gasteiger partial charge in [0, 0.05) is 54.9 Å². The number of aromatic nitrogens is 2. The van der Waals surface area contributed by atoms with Gasteiger partial charge in [-0.3, -0.25) is 0 Å². The van der Waals surface area contributed by atoms with E-state index in [1.54, 1.807) is 0 Å². The normalized spacial score (nSPS) is 22.2. The molecule has 3 aliphatic rings. The van der Waals surface area contributed by atoms with Crippen molar-refractivity contribution in [3.8, 4) is 12.1 Å². The fourth-order valence-corrected chi connectivity index (χ4v) is 6.03. The molecule has 192 valence electrons. The molecule has 1 unspecified atom stereocenters. The lowest BCUT2D eigenvalue weighted by molar-refractivity contribution is 0.187. The Labute approximate surface area is 218 Å². The van der Waals surface area contributed by atoms with E-state index in [2.05, 4.69) is 75.6 Å². The lowest BCUT2D eigenvalue weighted by Crippen LogP contribution is -2.51. The van der Waals surface area contributed by atoms with Crippen molar-refractivity contribution in [3.63, 3.8) is 0 Å². The van der Waals surface area contributed by atoms with Crippen LogP contribution in [0.3, 0.4) is 0 Å². The second kappa shape index (κ2) is 10.5. The first kappa shape index (κ1) is 24.0. The molecule has 2 fully saturated rings. The smallest absolute Gasteiger partial charge is 0.318 e. The number of benzene rings is 2. The molecule has 3 aliphatic heterocycles. The maximum atomic E-state index is 9.26. The Morgan fingerprint density at radius 1 is 1.08 bits per heavy atom. The van der Waals surface area contributed by atoms with Crippen LogP contribution in [-0.4, -0.2) is 73.3 Å². The summed E-state index contributed by atoms with van der Waals surface area (Å²) in [6.45, 7) is 5.85. The molecule has 8 nitrogen and oxygen atoms in total. The predicted molar refractivity (Wildman–Crippen MR) is 146 cm³/mol.